The first-order chi connectivity index (χ1) is 10.6. The van der Waals surface area contributed by atoms with Crippen molar-refractivity contribution in [1.82, 2.24) is 10.2 Å². The molecule has 0 unspecified atom stereocenters. The van der Waals surface area contributed by atoms with Gasteiger partial charge in [-0.3, -0.25) is 0 Å². The Labute approximate surface area is 142 Å². The summed E-state index contributed by atoms with van der Waals surface area (Å²) in [6.45, 7) is 0. The highest BCUT2D eigenvalue weighted by Crippen LogP contribution is 2.28. The van der Waals surface area contributed by atoms with Gasteiger partial charge in [0.2, 0.25) is 5.89 Å². The van der Waals surface area contributed by atoms with Gasteiger partial charge in [0, 0.05) is 5.56 Å². The first kappa shape index (κ1) is 15.1. The van der Waals surface area contributed by atoms with E-state index in [9.17, 15) is 0 Å². The molecule has 0 bridgehead atoms. The molecule has 3 rings (SSSR count). The topological polar surface area (TPSA) is 38.9 Å². The first-order valence-corrected chi connectivity index (χ1v) is 7.48. The van der Waals surface area contributed by atoms with E-state index in [2.05, 4.69) is 10.2 Å². The predicted octanol–water partition coefficient (Wildman–Crippen LogP) is 5.78. The summed E-state index contributed by atoms with van der Waals surface area (Å²) in [5.41, 5.74) is 1.62. The lowest BCUT2D eigenvalue weighted by Crippen LogP contribution is -1.79. The van der Waals surface area contributed by atoms with Crippen molar-refractivity contribution in [2.24, 2.45) is 0 Å². The zero-order chi connectivity index (χ0) is 15.5. The van der Waals surface area contributed by atoms with Crippen molar-refractivity contribution in [3.8, 4) is 11.5 Å². The number of rotatable bonds is 3. The molecular weight excluding hydrogens is 343 g/mol. The molecule has 0 spiro atoms. The van der Waals surface area contributed by atoms with Crippen molar-refractivity contribution >= 4 is 45.9 Å². The SMILES string of the molecule is Cl/C(=C\c1ccc(Cl)c(Cl)c1)c1nnc(-c2ccccc2)o1. The van der Waals surface area contributed by atoms with Crippen LogP contribution in [-0.2, 0) is 0 Å². The summed E-state index contributed by atoms with van der Waals surface area (Å²) < 4.78 is 5.58. The third-order valence-corrected chi connectivity index (χ3v) is 3.90. The molecule has 0 fully saturated rings. The average Bonchev–Trinajstić information content (AvgIpc) is 3.02. The van der Waals surface area contributed by atoms with Gasteiger partial charge in [-0.15, -0.1) is 10.2 Å². The standard InChI is InChI=1S/C16H9Cl3N2O/c17-12-7-6-10(8-13(12)18)9-14(19)16-21-20-15(22-16)11-4-2-1-3-5-11/h1-9H/b14-9-. The van der Waals surface area contributed by atoms with Crippen molar-refractivity contribution in [3.63, 3.8) is 0 Å². The lowest BCUT2D eigenvalue weighted by Gasteiger charge is -1.98. The number of aromatic nitrogens is 2. The van der Waals surface area contributed by atoms with E-state index in [1.54, 1.807) is 24.3 Å². The molecule has 0 amide bonds. The Bertz CT molecular complexity index is 828. The Balaban J connectivity index is 1.89. The maximum Gasteiger partial charge on any atom is 0.259 e. The van der Waals surface area contributed by atoms with Crippen LogP contribution in [0, 0.1) is 0 Å². The lowest BCUT2D eigenvalue weighted by molar-refractivity contribution is 0.556. The number of hydrogen-bond acceptors (Lipinski definition) is 3. The molecule has 1 aromatic heterocycles. The summed E-state index contributed by atoms with van der Waals surface area (Å²) in [7, 11) is 0. The molecular formula is C16H9Cl3N2O. The maximum atomic E-state index is 6.22. The fourth-order valence-corrected chi connectivity index (χ4v) is 2.34. The number of nitrogens with zero attached hydrogens (tertiary/aromatic N) is 2. The van der Waals surface area contributed by atoms with Crippen LogP contribution in [0.25, 0.3) is 22.6 Å². The predicted molar refractivity (Wildman–Crippen MR) is 89.9 cm³/mol. The van der Waals surface area contributed by atoms with Crippen LogP contribution >= 0.6 is 34.8 Å². The summed E-state index contributed by atoms with van der Waals surface area (Å²) in [6, 6.07) is 14.7. The van der Waals surface area contributed by atoms with E-state index in [-0.39, 0.29) is 5.89 Å². The second kappa shape index (κ2) is 6.53. The van der Waals surface area contributed by atoms with E-state index in [4.69, 9.17) is 39.2 Å². The molecule has 6 heteroatoms. The maximum absolute atomic E-state index is 6.22. The minimum Gasteiger partial charge on any atom is -0.415 e. The summed E-state index contributed by atoms with van der Waals surface area (Å²) >= 11 is 18.1. The smallest absolute Gasteiger partial charge is 0.259 e. The highest BCUT2D eigenvalue weighted by Gasteiger charge is 2.11. The van der Waals surface area contributed by atoms with E-state index < -0.39 is 0 Å². The molecule has 110 valence electrons. The van der Waals surface area contributed by atoms with Gasteiger partial charge in [-0.25, -0.2) is 0 Å². The summed E-state index contributed by atoms with van der Waals surface area (Å²) in [6.07, 6.45) is 1.69. The molecule has 0 aliphatic heterocycles. The molecule has 0 saturated heterocycles. The van der Waals surface area contributed by atoms with Crippen molar-refractivity contribution in [2.45, 2.75) is 0 Å². The van der Waals surface area contributed by atoms with Gasteiger partial charge in [-0.05, 0) is 35.9 Å². The van der Waals surface area contributed by atoms with Crippen LogP contribution in [0.2, 0.25) is 10.0 Å². The van der Waals surface area contributed by atoms with Gasteiger partial charge in [0.15, 0.2) is 0 Å². The molecule has 2 aromatic carbocycles. The van der Waals surface area contributed by atoms with Crippen LogP contribution in [0.5, 0.6) is 0 Å². The monoisotopic (exact) mass is 350 g/mol. The quantitative estimate of drug-likeness (QED) is 0.600. The highest BCUT2D eigenvalue weighted by molar-refractivity contribution is 6.50. The summed E-state index contributed by atoms with van der Waals surface area (Å²) in [5.74, 6) is 0.655. The molecule has 0 saturated carbocycles. The first-order valence-electron chi connectivity index (χ1n) is 6.35. The van der Waals surface area contributed by atoms with Crippen LogP contribution < -0.4 is 0 Å². The minimum absolute atomic E-state index is 0.242. The van der Waals surface area contributed by atoms with Gasteiger partial charge in [0.05, 0.1) is 10.0 Å². The van der Waals surface area contributed by atoms with Gasteiger partial charge in [-0.1, -0.05) is 59.1 Å². The Morgan fingerprint density at radius 1 is 0.955 bits per heavy atom. The largest absolute Gasteiger partial charge is 0.415 e. The lowest BCUT2D eigenvalue weighted by atomic mass is 10.2. The van der Waals surface area contributed by atoms with Crippen LogP contribution in [0.15, 0.2) is 52.9 Å². The molecule has 0 N–H and O–H groups in total. The Kier molecular flexibility index (Phi) is 4.48. The van der Waals surface area contributed by atoms with E-state index in [0.29, 0.717) is 21.0 Å². The van der Waals surface area contributed by atoms with Crippen LogP contribution in [0.1, 0.15) is 11.5 Å². The average molecular weight is 352 g/mol. The fourth-order valence-electron chi connectivity index (χ4n) is 1.83. The van der Waals surface area contributed by atoms with Crippen LogP contribution in [0.4, 0.5) is 0 Å². The summed E-state index contributed by atoms with van der Waals surface area (Å²) in [5, 5.41) is 9.21. The fraction of sp³-hybridized carbons (Fsp3) is 0. The Hall–Kier alpha value is -1.81. The number of halogens is 3. The Morgan fingerprint density at radius 3 is 2.45 bits per heavy atom. The van der Waals surface area contributed by atoms with Gasteiger partial charge in [-0.2, -0.15) is 0 Å². The van der Waals surface area contributed by atoms with Crippen molar-refractivity contribution in [2.75, 3.05) is 0 Å². The molecule has 0 atom stereocenters. The normalized spacial score (nSPS) is 11.7. The zero-order valence-corrected chi connectivity index (χ0v) is 13.4. The van der Waals surface area contributed by atoms with Crippen LogP contribution in [-0.4, -0.2) is 10.2 Å². The molecule has 0 aliphatic rings. The van der Waals surface area contributed by atoms with E-state index in [1.165, 1.54) is 0 Å². The third-order valence-electron chi connectivity index (χ3n) is 2.89. The van der Waals surface area contributed by atoms with Gasteiger partial charge >= 0.3 is 0 Å². The van der Waals surface area contributed by atoms with Crippen molar-refractivity contribution < 1.29 is 4.42 Å². The molecule has 0 radical (unpaired) electrons. The van der Waals surface area contributed by atoms with Crippen LogP contribution in [0.3, 0.4) is 0 Å². The number of hydrogen-bond donors (Lipinski definition) is 0. The third kappa shape index (κ3) is 3.33. The Morgan fingerprint density at radius 2 is 1.73 bits per heavy atom. The molecule has 0 aliphatic carbocycles. The van der Waals surface area contributed by atoms with E-state index in [0.717, 1.165) is 11.1 Å². The molecule has 3 nitrogen and oxygen atoms in total. The van der Waals surface area contributed by atoms with Gasteiger partial charge in [0.25, 0.3) is 5.89 Å². The zero-order valence-electron chi connectivity index (χ0n) is 11.1. The second-order valence-electron chi connectivity index (χ2n) is 4.44. The summed E-state index contributed by atoms with van der Waals surface area (Å²) in [4.78, 5) is 0. The highest BCUT2D eigenvalue weighted by atomic mass is 35.5. The molecule has 22 heavy (non-hydrogen) atoms. The van der Waals surface area contributed by atoms with E-state index >= 15 is 0 Å². The molecule has 1 heterocycles. The van der Waals surface area contributed by atoms with Gasteiger partial charge < -0.3 is 4.42 Å². The number of benzene rings is 2. The van der Waals surface area contributed by atoms with Crippen molar-refractivity contribution in [3.05, 3.63) is 70.0 Å². The van der Waals surface area contributed by atoms with Crippen molar-refractivity contribution in [1.29, 1.82) is 0 Å². The minimum atomic E-state index is 0.242. The second-order valence-corrected chi connectivity index (χ2v) is 5.67. The van der Waals surface area contributed by atoms with Gasteiger partial charge in [0.1, 0.15) is 5.03 Å². The molecule has 3 aromatic rings. The van der Waals surface area contributed by atoms with E-state index in [1.807, 2.05) is 30.3 Å².